The van der Waals surface area contributed by atoms with Crippen LogP contribution in [0.4, 0.5) is 0 Å². The van der Waals surface area contributed by atoms with Crippen LogP contribution in [0.3, 0.4) is 0 Å². The lowest BCUT2D eigenvalue weighted by Crippen LogP contribution is -2.53. The summed E-state index contributed by atoms with van der Waals surface area (Å²) < 4.78 is 1.49. The monoisotopic (exact) mass is 504 g/mol. The number of nitrogens with one attached hydrogen (secondary N) is 2. The van der Waals surface area contributed by atoms with Gasteiger partial charge in [-0.05, 0) is 45.9 Å². The van der Waals surface area contributed by atoms with E-state index in [1.165, 1.54) is 11.6 Å². The van der Waals surface area contributed by atoms with E-state index in [2.05, 4.69) is 10.6 Å². The average Bonchev–Trinajstić information content (AvgIpc) is 3.34. The normalized spacial score (nSPS) is 12.9. The van der Waals surface area contributed by atoms with E-state index in [0.717, 1.165) is 22.3 Å². The molecule has 3 aromatic rings. The Morgan fingerprint density at radius 3 is 1.86 bits per heavy atom. The van der Waals surface area contributed by atoms with E-state index in [0.29, 0.717) is 5.56 Å². The molecule has 194 valence electrons. The largest absolute Gasteiger partial charge is 0.480 e. The summed E-state index contributed by atoms with van der Waals surface area (Å²) in [5.41, 5.74) is 8.72. The zero-order valence-electron chi connectivity index (χ0n) is 21.3. The second kappa shape index (κ2) is 11.1. The van der Waals surface area contributed by atoms with Gasteiger partial charge in [0.2, 0.25) is 17.7 Å². The first-order chi connectivity index (χ1) is 17.4. The molecule has 2 atom stereocenters. The fraction of sp³-hybridized carbons (Fsp3) is 0.286. The van der Waals surface area contributed by atoms with E-state index in [4.69, 9.17) is 5.73 Å². The highest BCUT2D eigenvalue weighted by atomic mass is 16.4. The lowest BCUT2D eigenvalue weighted by Gasteiger charge is -2.30. The smallest absolute Gasteiger partial charge is 0.327 e. The lowest BCUT2D eigenvalue weighted by molar-refractivity contribution is -0.143. The number of carboxylic acids is 1. The number of carbonyl (C=O) groups is 4. The maximum Gasteiger partial charge on any atom is 0.327 e. The predicted molar refractivity (Wildman–Crippen MR) is 141 cm³/mol. The number of likely N-dealkylation sites (N-methyl/N-ethyl adjacent to an activating group) is 1. The van der Waals surface area contributed by atoms with E-state index in [9.17, 15) is 24.3 Å². The van der Waals surface area contributed by atoms with E-state index in [-0.39, 0.29) is 12.3 Å². The van der Waals surface area contributed by atoms with Gasteiger partial charge in [0.25, 0.3) is 0 Å². The van der Waals surface area contributed by atoms with E-state index >= 15 is 0 Å². The van der Waals surface area contributed by atoms with Crippen molar-refractivity contribution in [3.63, 3.8) is 0 Å². The highest BCUT2D eigenvalue weighted by Crippen LogP contribution is 2.27. The van der Waals surface area contributed by atoms with Gasteiger partial charge in [0.15, 0.2) is 0 Å². The fourth-order valence-corrected chi connectivity index (χ4v) is 4.00. The molecule has 0 radical (unpaired) electrons. The number of aliphatic carboxylic acids is 1. The molecule has 0 saturated carbocycles. The first-order valence-corrected chi connectivity index (χ1v) is 11.8. The van der Waals surface area contributed by atoms with Gasteiger partial charge in [-0.2, -0.15) is 0 Å². The third-order valence-corrected chi connectivity index (χ3v) is 6.14. The number of primary amides is 1. The summed E-state index contributed by atoms with van der Waals surface area (Å²) in [6, 6.07) is 14.5. The summed E-state index contributed by atoms with van der Waals surface area (Å²) in [5.74, 6) is -2.51. The number of amides is 3. The molecule has 0 aliphatic heterocycles. The second-order valence-corrected chi connectivity index (χ2v) is 9.91. The van der Waals surface area contributed by atoms with Crippen molar-refractivity contribution in [2.45, 2.75) is 39.3 Å². The van der Waals surface area contributed by atoms with Crippen molar-refractivity contribution in [1.82, 2.24) is 15.2 Å². The van der Waals surface area contributed by atoms with Gasteiger partial charge in [0.05, 0.1) is 6.42 Å². The number of aromatic nitrogens is 1. The minimum atomic E-state index is -1.15. The molecule has 37 heavy (non-hydrogen) atoms. The quantitative estimate of drug-likeness (QED) is 0.354. The Bertz CT molecular complexity index is 1290. The number of carboxylic acid groups (broad SMARTS) is 1. The van der Waals surface area contributed by atoms with Gasteiger partial charge in [0, 0.05) is 25.0 Å². The number of benzene rings is 2. The van der Waals surface area contributed by atoms with Crippen molar-refractivity contribution in [3.8, 4) is 22.3 Å². The van der Waals surface area contributed by atoms with Gasteiger partial charge >= 0.3 is 5.97 Å². The molecule has 1 aromatic heterocycles. The summed E-state index contributed by atoms with van der Waals surface area (Å²) >= 11 is 0. The maximum atomic E-state index is 12.7. The number of nitrogens with zero attached hydrogens (tertiary/aromatic N) is 1. The van der Waals surface area contributed by atoms with Crippen molar-refractivity contribution < 1.29 is 24.3 Å². The van der Waals surface area contributed by atoms with E-state index in [1.807, 2.05) is 57.2 Å². The van der Waals surface area contributed by atoms with Crippen molar-refractivity contribution in [2.24, 2.45) is 11.1 Å². The molecule has 1 heterocycles. The summed E-state index contributed by atoms with van der Waals surface area (Å²) in [6.45, 7) is 5.46. The first kappa shape index (κ1) is 27.2. The van der Waals surface area contributed by atoms with Crippen LogP contribution in [-0.2, 0) is 14.4 Å². The first-order valence-electron chi connectivity index (χ1n) is 11.8. The fourth-order valence-electron chi connectivity index (χ4n) is 4.00. The summed E-state index contributed by atoms with van der Waals surface area (Å²) in [4.78, 5) is 48.2. The SMILES string of the molecule is CNC(=O)[C@@H](NC(=O)C[C@H](C(=O)O)n1ccc(-c2ccc(-c3ccc(C(N)=O)cc3)cc2)c1)C(C)(C)C. The van der Waals surface area contributed by atoms with Crippen LogP contribution >= 0.6 is 0 Å². The Labute approximate surface area is 215 Å². The molecule has 2 aromatic carbocycles. The van der Waals surface area contributed by atoms with Crippen molar-refractivity contribution in [3.05, 3.63) is 72.6 Å². The highest BCUT2D eigenvalue weighted by Gasteiger charge is 2.33. The molecule has 3 amide bonds. The van der Waals surface area contributed by atoms with Crippen molar-refractivity contribution >= 4 is 23.7 Å². The van der Waals surface area contributed by atoms with Gasteiger partial charge in [-0.15, -0.1) is 0 Å². The molecule has 5 N–H and O–H groups in total. The van der Waals surface area contributed by atoms with Gasteiger partial charge in [0.1, 0.15) is 12.1 Å². The number of hydrogen-bond donors (Lipinski definition) is 4. The lowest BCUT2D eigenvalue weighted by atomic mass is 9.86. The van der Waals surface area contributed by atoms with Crippen LogP contribution in [0.2, 0.25) is 0 Å². The van der Waals surface area contributed by atoms with Gasteiger partial charge < -0.3 is 26.0 Å². The zero-order valence-corrected chi connectivity index (χ0v) is 21.3. The summed E-state index contributed by atoms with van der Waals surface area (Å²) in [7, 11) is 1.49. The molecule has 0 unspecified atom stereocenters. The van der Waals surface area contributed by atoms with Crippen LogP contribution in [0.15, 0.2) is 67.0 Å². The van der Waals surface area contributed by atoms with Gasteiger partial charge in [-0.1, -0.05) is 57.2 Å². The third kappa shape index (κ3) is 6.63. The minimum Gasteiger partial charge on any atom is -0.480 e. The molecule has 0 bridgehead atoms. The van der Waals surface area contributed by atoms with Gasteiger partial charge in [-0.3, -0.25) is 14.4 Å². The van der Waals surface area contributed by atoms with Gasteiger partial charge in [-0.25, -0.2) is 4.79 Å². The van der Waals surface area contributed by atoms with E-state index < -0.39 is 35.3 Å². The van der Waals surface area contributed by atoms with Crippen LogP contribution < -0.4 is 16.4 Å². The Balaban J connectivity index is 1.75. The standard InChI is InChI=1S/C28H32N4O5/c1-28(2,3)24(26(35)30-4)31-23(33)15-22(27(36)37)32-14-13-21(16-32)19-7-5-17(6-8-19)18-9-11-20(12-10-18)25(29)34/h5-14,16,22,24H,15H2,1-4H3,(H2,29,34)(H,30,35)(H,31,33)(H,36,37)/t22-,24-/m1/s1. The van der Waals surface area contributed by atoms with Crippen LogP contribution in [0.25, 0.3) is 22.3 Å². The molecule has 0 spiro atoms. The molecule has 3 rings (SSSR count). The average molecular weight is 505 g/mol. The zero-order chi connectivity index (χ0) is 27.3. The van der Waals surface area contributed by atoms with Crippen LogP contribution in [0.5, 0.6) is 0 Å². The van der Waals surface area contributed by atoms with Crippen molar-refractivity contribution in [2.75, 3.05) is 7.05 Å². The number of nitrogens with two attached hydrogens (primary N) is 1. The summed E-state index contributed by atoms with van der Waals surface area (Å²) in [5, 5.41) is 15.0. The minimum absolute atomic E-state index is 0.326. The van der Waals surface area contributed by atoms with Crippen LogP contribution in [0.1, 0.15) is 43.6 Å². The Kier molecular flexibility index (Phi) is 8.17. The molecule has 0 saturated heterocycles. The molecule has 0 aliphatic rings. The maximum absolute atomic E-state index is 12.7. The Morgan fingerprint density at radius 2 is 1.41 bits per heavy atom. The second-order valence-electron chi connectivity index (χ2n) is 9.91. The highest BCUT2D eigenvalue weighted by molar-refractivity contribution is 5.93. The summed E-state index contributed by atoms with van der Waals surface area (Å²) in [6.07, 6.45) is 2.98. The molecular formula is C28H32N4O5. The van der Waals surface area contributed by atoms with Crippen LogP contribution in [0, 0.1) is 5.41 Å². The molecule has 9 heteroatoms. The molecule has 9 nitrogen and oxygen atoms in total. The van der Waals surface area contributed by atoms with E-state index in [1.54, 1.807) is 30.6 Å². The molecule has 0 fully saturated rings. The number of carbonyl (C=O) groups excluding carboxylic acids is 3. The number of hydrogen-bond acceptors (Lipinski definition) is 4. The topological polar surface area (TPSA) is 144 Å². The van der Waals surface area contributed by atoms with Crippen LogP contribution in [-0.4, -0.2) is 46.5 Å². The Hall–Kier alpha value is -4.40. The Morgan fingerprint density at radius 1 is 0.892 bits per heavy atom. The molecule has 0 aliphatic carbocycles. The third-order valence-electron chi connectivity index (χ3n) is 6.14. The predicted octanol–water partition coefficient (Wildman–Crippen LogP) is 3.21. The van der Waals surface area contributed by atoms with Crippen molar-refractivity contribution in [1.29, 1.82) is 0 Å². The molecular weight excluding hydrogens is 472 g/mol. The number of rotatable bonds is 9.